The second-order valence-corrected chi connectivity index (χ2v) is 4.82. The summed E-state index contributed by atoms with van der Waals surface area (Å²) in [6, 6.07) is 10.9. The Bertz CT molecular complexity index is 701. The molecule has 4 N–H and O–H groups in total. The topological polar surface area (TPSA) is 92.4 Å². The molecule has 0 aliphatic rings. The van der Waals surface area contributed by atoms with Gasteiger partial charge in [0, 0.05) is 12.1 Å². The minimum atomic E-state index is -0.647. The van der Waals surface area contributed by atoms with Gasteiger partial charge >= 0.3 is 0 Å². The van der Waals surface area contributed by atoms with Gasteiger partial charge in [-0.2, -0.15) is 0 Å². The van der Waals surface area contributed by atoms with Crippen LogP contribution in [-0.4, -0.2) is 16.9 Å². The van der Waals surface area contributed by atoms with Crippen molar-refractivity contribution < 1.29 is 14.7 Å². The number of nitrogens with one attached hydrogen (secondary N) is 1. The molecule has 2 aromatic rings. The van der Waals surface area contributed by atoms with Crippen LogP contribution >= 0.6 is 11.6 Å². The standard InChI is InChI=1S/C15H13ClN2O3/c16-13-7-10(4-5-12(13)14(17)20)15(21)18-8-9-2-1-3-11(19)6-9/h1-7,19H,8H2,(H2,17,20)(H,18,21). The molecule has 0 aliphatic heterocycles. The number of nitrogens with two attached hydrogens (primary N) is 1. The van der Waals surface area contributed by atoms with E-state index < -0.39 is 5.91 Å². The van der Waals surface area contributed by atoms with Crippen molar-refractivity contribution >= 4 is 23.4 Å². The van der Waals surface area contributed by atoms with Crippen molar-refractivity contribution in [2.45, 2.75) is 6.54 Å². The molecule has 0 unspecified atom stereocenters. The third-order valence-corrected chi connectivity index (χ3v) is 3.17. The largest absolute Gasteiger partial charge is 0.508 e. The molecule has 0 radical (unpaired) electrons. The zero-order chi connectivity index (χ0) is 15.4. The van der Waals surface area contributed by atoms with Gasteiger partial charge in [0.25, 0.3) is 5.91 Å². The quantitative estimate of drug-likeness (QED) is 0.807. The van der Waals surface area contributed by atoms with Gasteiger partial charge in [-0.25, -0.2) is 0 Å². The molecule has 0 aromatic heterocycles. The van der Waals surface area contributed by atoms with Crippen molar-refractivity contribution in [2.24, 2.45) is 5.73 Å². The highest BCUT2D eigenvalue weighted by Gasteiger charge is 2.11. The summed E-state index contributed by atoms with van der Waals surface area (Å²) < 4.78 is 0. The van der Waals surface area contributed by atoms with Crippen molar-refractivity contribution in [1.82, 2.24) is 5.32 Å². The first-order valence-corrected chi connectivity index (χ1v) is 6.50. The van der Waals surface area contributed by atoms with Crippen molar-refractivity contribution in [1.29, 1.82) is 0 Å². The molecule has 0 bridgehead atoms. The lowest BCUT2D eigenvalue weighted by Gasteiger charge is -2.07. The number of phenolic OH excluding ortho intramolecular Hbond substituents is 1. The van der Waals surface area contributed by atoms with E-state index in [0.717, 1.165) is 5.56 Å². The Morgan fingerprint density at radius 3 is 2.57 bits per heavy atom. The fraction of sp³-hybridized carbons (Fsp3) is 0.0667. The summed E-state index contributed by atoms with van der Waals surface area (Å²) >= 11 is 5.89. The molecule has 0 spiro atoms. The second-order valence-electron chi connectivity index (χ2n) is 4.41. The third-order valence-electron chi connectivity index (χ3n) is 2.86. The predicted octanol–water partition coefficient (Wildman–Crippen LogP) is 2.07. The molecule has 2 aromatic carbocycles. The van der Waals surface area contributed by atoms with E-state index in [1.165, 1.54) is 18.2 Å². The molecule has 21 heavy (non-hydrogen) atoms. The van der Waals surface area contributed by atoms with Crippen LogP contribution in [0, 0.1) is 0 Å². The van der Waals surface area contributed by atoms with Gasteiger partial charge in [-0.15, -0.1) is 0 Å². The summed E-state index contributed by atoms with van der Waals surface area (Å²) in [6.07, 6.45) is 0. The highest BCUT2D eigenvalue weighted by molar-refractivity contribution is 6.34. The monoisotopic (exact) mass is 304 g/mol. The highest BCUT2D eigenvalue weighted by atomic mass is 35.5. The Morgan fingerprint density at radius 1 is 1.19 bits per heavy atom. The van der Waals surface area contributed by atoms with E-state index >= 15 is 0 Å². The molecular formula is C15H13ClN2O3. The molecule has 0 atom stereocenters. The first kappa shape index (κ1) is 14.9. The number of carbonyl (C=O) groups excluding carboxylic acids is 2. The predicted molar refractivity (Wildman–Crippen MR) is 79.2 cm³/mol. The number of rotatable bonds is 4. The Kier molecular flexibility index (Phi) is 4.45. The number of phenols is 1. The summed E-state index contributed by atoms with van der Waals surface area (Å²) in [4.78, 5) is 23.0. The summed E-state index contributed by atoms with van der Waals surface area (Å²) in [7, 11) is 0. The number of hydrogen-bond acceptors (Lipinski definition) is 3. The normalized spacial score (nSPS) is 10.1. The van der Waals surface area contributed by atoms with Crippen LogP contribution in [-0.2, 0) is 6.54 Å². The smallest absolute Gasteiger partial charge is 0.251 e. The van der Waals surface area contributed by atoms with Gasteiger partial charge in [0.2, 0.25) is 5.91 Å². The maximum absolute atomic E-state index is 12.0. The fourth-order valence-corrected chi connectivity index (χ4v) is 2.08. The molecule has 0 saturated heterocycles. The number of halogens is 1. The highest BCUT2D eigenvalue weighted by Crippen LogP contribution is 2.17. The van der Waals surface area contributed by atoms with E-state index in [9.17, 15) is 14.7 Å². The maximum atomic E-state index is 12.0. The van der Waals surface area contributed by atoms with Crippen molar-refractivity contribution in [3.05, 3.63) is 64.2 Å². The van der Waals surface area contributed by atoms with Crippen molar-refractivity contribution in [3.8, 4) is 5.75 Å². The van der Waals surface area contributed by atoms with E-state index in [4.69, 9.17) is 17.3 Å². The zero-order valence-corrected chi connectivity index (χ0v) is 11.7. The molecule has 0 fully saturated rings. The summed E-state index contributed by atoms with van der Waals surface area (Å²) in [5.74, 6) is -0.849. The van der Waals surface area contributed by atoms with E-state index in [2.05, 4.69) is 5.32 Å². The van der Waals surface area contributed by atoms with Gasteiger partial charge in [-0.1, -0.05) is 23.7 Å². The maximum Gasteiger partial charge on any atom is 0.251 e. The lowest BCUT2D eigenvalue weighted by Crippen LogP contribution is -2.23. The van der Waals surface area contributed by atoms with Crippen LogP contribution in [0.25, 0.3) is 0 Å². The molecule has 0 saturated carbocycles. The van der Waals surface area contributed by atoms with Crippen LogP contribution in [0.4, 0.5) is 0 Å². The minimum absolute atomic E-state index is 0.132. The first-order valence-electron chi connectivity index (χ1n) is 6.13. The van der Waals surface area contributed by atoms with Crippen LogP contribution in [0.15, 0.2) is 42.5 Å². The van der Waals surface area contributed by atoms with Crippen LogP contribution in [0.3, 0.4) is 0 Å². The Hall–Kier alpha value is -2.53. The number of aromatic hydroxyl groups is 1. The van der Waals surface area contributed by atoms with Gasteiger partial charge in [0.05, 0.1) is 10.6 Å². The van der Waals surface area contributed by atoms with Gasteiger partial charge < -0.3 is 16.2 Å². The molecule has 6 heteroatoms. The third kappa shape index (κ3) is 3.73. The lowest BCUT2D eigenvalue weighted by atomic mass is 10.1. The molecular weight excluding hydrogens is 292 g/mol. The number of benzene rings is 2. The molecule has 0 aliphatic carbocycles. The van der Waals surface area contributed by atoms with Gasteiger partial charge in [-0.05, 0) is 35.9 Å². The number of amides is 2. The zero-order valence-electron chi connectivity index (χ0n) is 11.0. The molecule has 0 heterocycles. The van der Waals surface area contributed by atoms with Crippen molar-refractivity contribution in [2.75, 3.05) is 0 Å². The number of primary amides is 1. The summed E-state index contributed by atoms with van der Waals surface area (Å²) in [5, 5.41) is 12.2. The fourth-order valence-electron chi connectivity index (χ4n) is 1.81. The number of carbonyl (C=O) groups is 2. The van der Waals surface area contributed by atoms with E-state index in [0.29, 0.717) is 5.56 Å². The number of hydrogen-bond donors (Lipinski definition) is 3. The Labute approximate surface area is 126 Å². The van der Waals surface area contributed by atoms with Gasteiger partial charge in [-0.3, -0.25) is 9.59 Å². The summed E-state index contributed by atoms with van der Waals surface area (Å²) in [6.45, 7) is 0.266. The Morgan fingerprint density at radius 2 is 1.95 bits per heavy atom. The minimum Gasteiger partial charge on any atom is -0.508 e. The second kappa shape index (κ2) is 6.28. The van der Waals surface area contributed by atoms with Gasteiger partial charge in [0.15, 0.2) is 0 Å². The lowest BCUT2D eigenvalue weighted by molar-refractivity contribution is 0.0948. The molecule has 2 rings (SSSR count). The molecule has 2 amide bonds. The van der Waals surface area contributed by atoms with E-state index in [1.54, 1.807) is 24.3 Å². The summed E-state index contributed by atoms with van der Waals surface area (Å²) in [5.41, 5.74) is 6.40. The van der Waals surface area contributed by atoms with E-state index in [-0.39, 0.29) is 28.8 Å². The average Bonchev–Trinajstić information content (AvgIpc) is 2.44. The first-order chi connectivity index (χ1) is 9.97. The van der Waals surface area contributed by atoms with Crippen LogP contribution < -0.4 is 11.1 Å². The molecule has 108 valence electrons. The van der Waals surface area contributed by atoms with Gasteiger partial charge in [0.1, 0.15) is 5.75 Å². The van der Waals surface area contributed by atoms with Crippen LogP contribution in [0.2, 0.25) is 5.02 Å². The van der Waals surface area contributed by atoms with Crippen LogP contribution in [0.1, 0.15) is 26.3 Å². The van der Waals surface area contributed by atoms with E-state index in [1.807, 2.05) is 0 Å². The SMILES string of the molecule is NC(=O)c1ccc(C(=O)NCc2cccc(O)c2)cc1Cl. The molecule has 5 nitrogen and oxygen atoms in total. The average molecular weight is 305 g/mol. The van der Waals surface area contributed by atoms with Crippen molar-refractivity contribution in [3.63, 3.8) is 0 Å². The van der Waals surface area contributed by atoms with Crippen LogP contribution in [0.5, 0.6) is 5.75 Å². The Balaban J connectivity index is 2.07.